The number of ether oxygens (including phenoxy) is 1. The number of hydrogen-bond donors (Lipinski definition) is 1. The normalized spacial score (nSPS) is 16.1. The fourth-order valence-electron chi connectivity index (χ4n) is 2.62. The first-order chi connectivity index (χ1) is 10.6. The van der Waals surface area contributed by atoms with E-state index in [0.717, 1.165) is 36.9 Å². The Hall–Kier alpha value is -1.94. The van der Waals surface area contributed by atoms with E-state index in [1.807, 2.05) is 31.2 Å². The van der Waals surface area contributed by atoms with Crippen molar-refractivity contribution in [3.63, 3.8) is 0 Å². The van der Waals surface area contributed by atoms with Crippen LogP contribution >= 0.6 is 0 Å². The van der Waals surface area contributed by atoms with E-state index in [2.05, 4.69) is 5.32 Å². The summed E-state index contributed by atoms with van der Waals surface area (Å²) in [5.41, 5.74) is 1.70. The highest BCUT2D eigenvalue weighted by Crippen LogP contribution is 2.31. The molecule has 1 aliphatic rings. The van der Waals surface area contributed by atoms with Crippen LogP contribution in [0.2, 0.25) is 0 Å². The fourth-order valence-corrected chi connectivity index (χ4v) is 2.62. The zero-order valence-corrected chi connectivity index (χ0v) is 12.5. The summed E-state index contributed by atoms with van der Waals surface area (Å²) in [7, 11) is 0. The second-order valence-corrected chi connectivity index (χ2v) is 5.81. The fraction of sp³-hybridized carbons (Fsp3) is 0.333. The van der Waals surface area contributed by atoms with Crippen LogP contribution in [0, 0.1) is 24.5 Å². The zero-order chi connectivity index (χ0) is 15.5. The molecule has 2 aromatic carbocycles. The van der Waals surface area contributed by atoms with Gasteiger partial charge in [0.1, 0.15) is 11.9 Å². The number of benzene rings is 2. The van der Waals surface area contributed by atoms with Gasteiger partial charge in [0, 0.05) is 0 Å². The number of para-hydroxylation sites is 1. The molecule has 1 unspecified atom stereocenters. The van der Waals surface area contributed by atoms with Gasteiger partial charge in [-0.05, 0) is 61.7 Å². The molecule has 2 nitrogen and oxygen atoms in total. The predicted octanol–water partition coefficient (Wildman–Crippen LogP) is 4.00. The third-order valence-electron chi connectivity index (χ3n) is 4.09. The van der Waals surface area contributed by atoms with Crippen LogP contribution in [-0.4, -0.2) is 13.1 Å². The molecule has 1 saturated heterocycles. The Morgan fingerprint density at radius 3 is 2.55 bits per heavy atom. The smallest absolute Gasteiger partial charge is 0.159 e. The summed E-state index contributed by atoms with van der Waals surface area (Å²) in [5.74, 6) is -0.377. The first kappa shape index (κ1) is 15.0. The van der Waals surface area contributed by atoms with Gasteiger partial charge in [-0.25, -0.2) is 8.78 Å². The monoisotopic (exact) mass is 303 g/mol. The predicted molar refractivity (Wildman–Crippen MR) is 81.9 cm³/mol. The van der Waals surface area contributed by atoms with Gasteiger partial charge in [-0.3, -0.25) is 0 Å². The van der Waals surface area contributed by atoms with Gasteiger partial charge >= 0.3 is 0 Å². The van der Waals surface area contributed by atoms with Gasteiger partial charge in [-0.15, -0.1) is 0 Å². The molecule has 116 valence electrons. The van der Waals surface area contributed by atoms with Crippen molar-refractivity contribution < 1.29 is 13.5 Å². The number of hydrogen-bond acceptors (Lipinski definition) is 2. The molecule has 1 atom stereocenters. The van der Waals surface area contributed by atoms with E-state index < -0.39 is 11.6 Å². The lowest BCUT2D eigenvalue weighted by molar-refractivity contribution is 0.148. The van der Waals surface area contributed by atoms with Crippen LogP contribution in [0.15, 0.2) is 42.5 Å². The summed E-state index contributed by atoms with van der Waals surface area (Å²) >= 11 is 0. The minimum atomic E-state index is -0.831. The van der Waals surface area contributed by atoms with Gasteiger partial charge in [0.15, 0.2) is 11.6 Å². The van der Waals surface area contributed by atoms with Gasteiger partial charge < -0.3 is 10.1 Å². The minimum Gasteiger partial charge on any atom is -0.485 e. The SMILES string of the molecule is Cc1ccccc1OC(CC1CNC1)c1ccc(F)c(F)c1. The lowest BCUT2D eigenvalue weighted by Crippen LogP contribution is -2.43. The molecule has 1 heterocycles. The molecule has 2 aromatic rings. The lowest BCUT2D eigenvalue weighted by Gasteiger charge is -2.31. The van der Waals surface area contributed by atoms with Gasteiger partial charge in [0.05, 0.1) is 0 Å². The highest BCUT2D eigenvalue weighted by Gasteiger charge is 2.25. The number of aryl methyl sites for hydroxylation is 1. The number of rotatable bonds is 5. The summed E-state index contributed by atoms with van der Waals surface area (Å²) in [6, 6.07) is 11.7. The maximum absolute atomic E-state index is 13.5. The molecule has 0 aliphatic carbocycles. The molecule has 1 aliphatic heterocycles. The first-order valence-corrected chi connectivity index (χ1v) is 7.51. The number of nitrogens with one attached hydrogen (secondary N) is 1. The van der Waals surface area contributed by atoms with Gasteiger partial charge in [-0.2, -0.15) is 0 Å². The quantitative estimate of drug-likeness (QED) is 0.901. The summed E-state index contributed by atoms with van der Waals surface area (Å²) < 4.78 is 32.8. The Bertz CT molecular complexity index is 655. The van der Waals surface area contributed by atoms with E-state index in [4.69, 9.17) is 4.74 Å². The average Bonchev–Trinajstić information content (AvgIpc) is 2.46. The van der Waals surface area contributed by atoms with E-state index in [1.54, 1.807) is 6.07 Å². The Labute approximate surface area is 129 Å². The molecule has 0 bridgehead atoms. The molecule has 0 radical (unpaired) electrons. The van der Waals surface area contributed by atoms with Crippen LogP contribution in [0.4, 0.5) is 8.78 Å². The molecule has 4 heteroatoms. The van der Waals surface area contributed by atoms with Crippen molar-refractivity contribution in [2.24, 2.45) is 5.92 Å². The lowest BCUT2D eigenvalue weighted by atomic mass is 9.92. The molecule has 0 spiro atoms. The largest absolute Gasteiger partial charge is 0.485 e. The topological polar surface area (TPSA) is 21.3 Å². The zero-order valence-electron chi connectivity index (χ0n) is 12.5. The molecule has 1 fully saturated rings. The van der Waals surface area contributed by atoms with Crippen LogP contribution in [0.3, 0.4) is 0 Å². The highest BCUT2D eigenvalue weighted by molar-refractivity contribution is 5.33. The van der Waals surface area contributed by atoms with E-state index in [9.17, 15) is 8.78 Å². The second kappa shape index (κ2) is 6.44. The van der Waals surface area contributed by atoms with Gasteiger partial charge in [0.2, 0.25) is 0 Å². The number of halogens is 2. The molecular weight excluding hydrogens is 284 g/mol. The van der Waals surface area contributed by atoms with Gasteiger partial charge in [0.25, 0.3) is 0 Å². The van der Waals surface area contributed by atoms with Crippen LogP contribution in [0.25, 0.3) is 0 Å². The Kier molecular flexibility index (Phi) is 4.39. The van der Waals surface area contributed by atoms with Crippen LogP contribution in [-0.2, 0) is 0 Å². The van der Waals surface area contributed by atoms with Crippen LogP contribution in [0.5, 0.6) is 5.75 Å². The molecule has 22 heavy (non-hydrogen) atoms. The summed E-state index contributed by atoms with van der Waals surface area (Å²) in [5, 5.41) is 3.22. The van der Waals surface area contributed by atoms with Crippen molar-refractivity contribution in [2.45, 2.75) is 19.4 Å². The average molecular weight is 303 g/mol. The van der Waals surface area contributed by atoms with Crippen molar-refractivity contribution >= 4 is 0 Å². The third-order valence-corrected chi connectivity index (χ3v) is 4.09. The van der Waals surface area contributed by atoms with Crippen molar-refractivity contribution in [1.29, 1.82) is 0 Å². The maximum atomic E-state index is 13.5. The van der Waals surface area contributed by atoms with E-state index in [1.165, 1.54) is 6.07 Å². The molecule has 0 amide bonds. The highest BCUT2D eigenvalue weighted by atomic mass is 19.2. The first-order valence-electron chi connectivity index (χ1n) is 7.51. The molecule has 1 N–H and O–H groups in total. The molecule has 0 aromatic heterocycles. The molecular formula is C18H19F2NO. The summed E-state index contributed by atoms with van der Waals surface area (Å²) in [6.07, 6.45) is 0.509. The van der Waals surface area contributed by atoms with Crippen LogP contribution < -0.4 is 10.1 Å². The van der Waals surface area contributed by atoms with Gasteiger partial charge in [-0.1, -0.05) is 24.3 Å². The summed E-state index contributed by atoms with van der Waals surface area (Å²) in [6.45, 7) is 3.86. The standard InChI is InChI=1S/C18H19F2NO/c1-12-4-2-3-5-17(12)22-18(8-13-10-21-11-13)14-6-7-15(19)16(20)9-14/h2-7,9,13,18,21H,8,10-11H2,1H3. The van der Waals surface area contributed by atoms with E-state index in [0.29, 0.717) is 11.5 Å². The van der Waals surface area contributed by atoms with Crippen molar-refractivity contribution in [1.82, 2.24) is 5.32 Å². The van der Waals surface area contributed by atoms with Crippen molar-refractivity contribution in [2.75, 3.05) is 13.1 Å². The Morgan fingerprint density at radius 1 is 1.14 bits per heavy atom. The summed E-state index contributed by atoms with van der Waals surface area (Å²) in [4.78, 5) is 0. The van der Waals surface area contributed by atoms with E-state index in [-0.39, 0.29) is 6.10 Å². The van der Waals surface area contributed by atoms with Crippen molar-refractivity contribution in [3.8, 4) is 5.75 Å². The molecule has 3 rings (SSSR count). The second-order valence-electron chi connectivity index (χ2n) is 5.81. The Morgan fingerprint density at radius 2 is 1.91 bits per heavy atom. The van der Waals surface area contributed by atoms with Crippen molar-refractivity contribution in [3.05, 3.63) is 65.2 Å². The molecule has 0 saturated carbocycles. The Balaban J connectivity index is 1.85. The maximum Gasteiger partial charge on any atom is 0.159 e. The third kappa shape index (κ3) is 3.28. The van der Waals surface area contributed by atoms with E-state index >= 15 is 0 Å². The van der Waals surface area contributed by atoms with Crippen LogP contribution in [0.1, 0.15) is 23.7 Å². The minimum absolute atomic E-state index is 0.275.